The molecule has 7 aromatic rings. The van der Waals surface area contributed by atoms with Crippen LogP contribution in [0.3, 0.4) is 0 Å². The molecule has 0 aliphatic carbocycles. The Morgan fingerprint density at radius 3 is 1.73 bits per heavy atom. The first-order valence-electron chi connectivity index (χ1n) is 18.9. The van der Waals surface area contributed by atoms with Crippen LogP contribution in [0.1, 0.15) is 50.4 Å². The summed E-state index contributed by atoms with van der Waals surface area (Å²) in [6.45, 7) is 6.88. The number of ether oxygens (including phenoxy) is 1. The molecule has 2 N–H and O–H groups in total. The molecule has 7 aromatic carbocycles. The van der Waals surface area contributed by atoms with Crippen LogP contribution >= 0.6 is 0 Å². The van der Waals surface area contributed by atoms with Gasteiger partial charge in [0.05, 0.1) is 46.3 Å². The van der Waals surface area contributed by atoms with Crippen LogP contribution in [0, 0.1) is 0 Å². The second kappa shape index (κ2) is 17.0. The van der Waals surface area contributed by atoms with E-state index < -0.39 is 0 Å². The highest BCUT2D eigenvalue weighted by molar-refractivity contribution is 6.04. The van der Waals surface area contributed by atoms with Crippen LogP contribution in [-0.4, -0.2) is 25.7 Å². The number of benzene rings is 7. The molecule has 0 aliphatic heterocycles. The molecule has 0 heterocycles. The molecule has 0 bridgehead atoms. The fourth-order valence-electron chi connectivity index (χ4n) is 6.50. The number of rotatable bonds is 14. The van der Waals surface area contributed by atoms with Crippen molar-refractivity contribution in [2.75, 3.05) is 29.4 Å². The molecule has 1 atom stereocenters. The lowest BCUT2D eigenvalue weighted by molar-refractivity contribution is 0.0499. The standard InChI is InChI=1S/C46H45N7O2/c1-5-7-30-55-46(54)32-20-22-33(23-21-32)48-49-41-24-25-42(35-15-9-8-14-34(35)41)50-51-43-26-27-44(37-17-11-10-16-36(37)43)52-53(4)45-29-28-40(47-31(3)6-2)38-18-12-13-19-39(38)45/h8-29,31,47,52H,5-7,30H2,1-4H3. The predicted molar refractivity (Wildman–Crippen MR) is 227 cm³/mol. The molecule has 0 aliphatic rings. The van der Waals surface area contributed by atoms with Crippen molar-refractivity contribution < 1.29 is 9.53 Å². The summed E-state index contributed by atoms with van der Waals surface area (Å²) < 4.78 is 5.31. The molecule has 0 amide bonds. The molecule has 0 saturated heterocycles. The molecular formula is C46H45N7O2. The minimum absolute atomic E-state index is 0.332. The molecule has 0 saturated carbocycles. The Morgan fingerprint density at radius 1 is 0.618 bits per heavy atom. The molecule has 0 aromatic heterocycles. The molecule has 55 heavy (non-hydrogen) atoms. The van der Waals surface area contributed by atoms with E-state index >= 15 is 0 Å². The summed E-state index contributed by atoms with van der Waals surface area (Å²) in [6.07, 6.45) is 2.87. The number of unbranched alkanes of at least 4 members (excludes halogenated alkanes) is 1. The number of hydrazine groups is 1. The molecule has 276 valence electrons. The summed E-state index contributed by atoms with van der Waals surface area (Å²) in [4.78, 5) is 12.3. The van der Waals surface area contributed by atoms with Gasteiger partial charge in [-0.3, -0.25) is 10.4 Å². The first kappa shape index (κ1) is 36.7. The molecule has 0 fully saturated rings. The first-order valence-corrected chi connectivity index (χ1v) is 18.9. The Kier molecular flexibility index (Phi) is 11.4. The van der Waals surface area contributed by atoms with E-state index in [1.807, 2.05) is 61.6 Å². The van der Waals surface area contributed by atoms with Gasteiger partial charge in [0, 0.05) is 51.1 Å². The van der Waals surface area contributed by atoms with Gasteiger partial charge in [0.25, 0.3) is 0 Å². The lowest BCUT2D eigenvalue weighted by Crippen LogP contribution is -2.25. The normalized spacial score (nSPS) is 12.1. The zero-order chi connectivity index (χ0) is 38.1. The Labute approximate surface area is 321 Å². The van der Waals surface area contributed by atoms with Gasteiger partial charge in [0.1, 0.15) is 0 Å². The van der Waals surface area contributed by atoms with Gasteiger partial charge in [-0.1, -0.05) is 93.1 Å². The summed E-state index contributed by atoms with van der Waals surface area (Å²) >= 11 is 0. The van der Waals surface area contributed by atoms with Crippen LogP contribution in [0.2, 0.25) is 0 Å². The number of hydrogen-bond acceptors (Lipinski definition) is 9. The molecule has 1 unspecified atom stereocenters. The monoisotopic (exact) mass is 727 g/mol. The average Bonchev–Trinajstić information content (AvgIpc) is 3.23. The average molecular weight is 728 g/mol. The number of esters is 1. The third kappa shape index (κ3) is 8.31. The van der Waals surface area contributed by atoms with E-state index in [0.717, 1.165) is 74.6 Å². The van der Waals surface area contributed by atoms with E-state index in [2.05, 4.69) is 101 Å². The van der Waals surface area contributed by atoms with Crippen molar-refractivity contribution in [3.05, 3.63) is 139 Å². The van der Waals surface area contributed by atoms with Crippen molar-refractivity contribution in [1.82, 2.24) is 0 Å². The zero-order valence-corrected chi connectivity index (χ0v) is 31.7. The summed E-state index contributed by atoms with van der Waals surface area (Å²) in [5, 5.41) is 30.4. The highest BCUT2D eigenvalue weighted by Gasteiger charge is 2.14. The molecule has 7 rings (SSSR count). The Morgan fingerprint density at radius 2 is 1.13 bits per heavy atom. The van der Waals surface area contributed by atoms with Gasteiger partial charge in [-0.2, -0.15) is 5.11 Å². The Balaban J connectivity index is 1.12. The lowest BCUT2D eigenvalue weighted by atomic mass is 10.1. The van der Waals surface area contributed by atoms with Crippen molar-refractivity contribution in [2.45, 2.75) is 46.1 Å². The second-order valence-corrected chi connectivity index (χ2v) is 13.6. The maximum absolute atomic E-state index is 12.3. The zero-order valence-electron chi connectivity index (χ0n) is 31.7. The fourth-order valence-corrected chi connectivity index (χ4v) is 6.50. The van der Waals surface area contributed by atoms with E-state index in [9.17, 15) is 4.79 Å². The Hall–Kier alpha value is -6.61. The van der Waals surface area contributed by atoms with E-state index in [4.69, 9.17) is 15.0 Å². The van der Waals surface area contributed by atoms with Crippen molar-refractivity contribution in [3.63, 3.8) is 0 Å². The number of carbonyl (C=O) groups excluding carboxylic acids is 1. The van der Waals surface area contributed by atoms with Gasteiger partial charge in [0.2, 0.25) is 0 Å². The van der Waals surface area contributed by atoms with Crippen molar-refractivity contribution in [2.24, 2.45) is 20.5 Å². The van der Waals surface area contributed by atoms with Crippen molar-refractivity contribution in [1.29, 1.82) is 0 Å². The van der Waals surface area contributed by atoms with Crippen molar-refractivity contribution >= 4 is 78.1 Å². The van der Waals surface area contributed by atoms with Crippen LogP contribution < -0.4 is 15.8 Å². The van der Waals surface area contributed by atoms with Gasteiger partial charge in [0.15, 0.2) is 0 Å². The third-order valence-corrected chi connectivity index (χ3v) is 9.72. The van der Waals surface area contributed by atoms with Gasteiger partial charge < -0.3 is 10.1 Å². The number of hydrogen-bond donors (Lipinski definition) is 2. The van der Waals surface area contributed by atoms with Crippen LogP contribution in [-0.2, 0) is 4.74 Å². The molecule has 9 nitrogen and oxygen atoms in total. The summed E-state index contributed by atoms with van der Waals surface area (Å²) in [7, 11) is 2.05. The van der Waals surface area contributed by atoms with E-state index in [1.54, 1.807) is 24.3 Å². The smallest absolute Gasteiger partial charge is 0.338 e. The minimum Gasteiger partial charge on any atom is -0.462 e. The van der Waals surface area contributed by atoms with Crippen LogP contribution in [0.25, 0.3) is 32.3 Å². The van der Waals surface area contributed by atoms with Gasteiger partial charge >= 0.3 is 5.97 Å². The number of azo groups is 2. The second-order valence-electron chi connectivity index (χ2n) is 13.6. The van der Waals surface area contributed by atoms with Gasteiger partial charge in [-0.05, 0) is 80.4 Å². The Bertz CT molecular complexity index is 2510. The number of nitrogens with one attached hydrogen (secondary N) is 2. The van der Waals surface area contributed by atoms with Crippen LogP contribution in [0.4, 0.5) is 39.8 Å². The maximum atomic E-state index is 12.3. The topological polar surface area (TPSA) is 103 Å². The quantitative estimate of drug-likeness (QED) is 0.0502. The molecule has 9 heteroatoms. The lowest BCUT2D eigenvalue weighted by Gasteiger charge is -2.25. The molecular weight excluding hydrogens is 683 g/mol. The molecule has 0 spiro atoms. The summed E-state index contributed by atoms with van der Waals surface area (Å²) in [5.41, 5.74) is 10.1. The summed E-state index contributed by atoms with van der Waals surface area (Å²) in [6, 6.07) is 44.2. The van der Waals surface area contributed by atoms with Gasteiger partial charge in [-0.15, -0.1) is 15.3 Å². The predicted octanol–water partition coefficient (Wildman–Crippen LogP) is 13.6. The van der Waals surface area contributed by atoms with E-state index in [0.29, 0.717) is 29.6 Å². The fraction of sp³-hybridized carbons (Fsp3) is 0.196. The number of carbonyl (C=O) groups is 1. The number of anilines is 3. The van der Waals surface area contributed by atoms with Gasteiger partial charge in [-0.25, -0.2) is 4.79 Å². The van der Waals surface area contributed by atoms with Crippen LogP contribution in [0.15, 0.2) is 154 Å². The SMILES string of the molecule is CCCCOC(=O)c1ccc(N=Nc2ccc(N=Nc3ccc(NN(C)c4ccc(NC(C)CC)c5ccccc45)c4ccccc34)c3ccccc23)cc1. The minimum atomic E-state index is -0.332. The van der Waals surface area contributed by atoms with E-state index in [1.165, 1.54) is 5.39 Å². The first-order chi connectivity index (χ1) is 26.9. The third-order valence-electron chi connectivity index (χ3n) is 9.72. The number of fused-ring (bicyclic) bond motifs is 3. The van der Waals surface area contributed by atoms with Crippen molar-refractivity contribution in [3.8, 4) is 0 Å². The highest BCUT2D eigenvalue weighted by atomic mass is 16.5. The summed E-state index contributed by atoms with van der Waals surface area (Å²) in [5.74, 6) is -0.332. The van der Waals surface area contributed by atoms with Crippen LogP contribution in [0.5, 0.6) is 0 Å². The molecule has 0 radical (unpaired) electrons. The maximum Gasteiger partial charge on any atom is 0.338 e. The largest absolute Gasteiger partial charge is 0.462 e. The van der Waals surface area contributed by atoms with E-state index in [-0.39, 0.29) is 5.97 Å². The highest BCUT2D eigenvalue weighted by Crippen LogP contribution is 2.38. The number of nitrogens with zero attached hydrogens (tertiary/aromatic N) is 5.